The Balaban J connectivity index is 6.03. The molecule has 0 aromatic heterocycles. The Labute approximate surface area is 303 Å². The Morgan fingerprint density at radius 1 is 0.623 bits per heavy atom. The second kappa shape index (κ2) is 23.4. The lowest BCUT2D eigenvalue weighted by Crippen LogP contribution is -2.59. The smallest absolute Gasteiger partial charge is 0.326 e. The van der Waals surface area contributed by atoms with Crippen LogP contribution in [0.3, 0.4) is 0 Å². The molecule has 53 heavy (non-hydrogen) atoms. The monoisotopic (exact) mass is 759 g/mol. The van der Waals surface area contributed by atoms with Crippen molar-refractivity contribution in [3.8, 4) is 0 Å². The molecule has 0 aromatic carbocycles. The minimum absolute atomic E-state index is 0.000452. The number of carbonyl (C=O) groups is 10. The van der Waals surface area contributed by atoms with Gasteiger partial charge in [0.25, 0.3) is 0 Å². The lowest BCUT2D eigenvalue weighted by atomic mass is 10.0. The van der Waals surface area contributed by atoms with E-state index in [1.54, 1.807) is 13.8 Å². The maximum absolute atomic E-state index is 13.6. The first kappa shape index (κ1) is 46.9. The number of aliphatic imine (C=N–C) groups is 1. The van der Waals surface area contributed by atoms with Crippen LogP contribution in [0, 0.1) is 5.92 Å². The highest BCUT2D eigenvalue weighted by Crippen LogP contribution is 2.08. The number of nitrogens with two attached hydrogens (primary N) is 4. The minimum Gasteiger partial charge on any atom is -0.481 e. The number of nitrogens with zero attached hydrogens (tertiary/aromatic N) is 1. The summed E-state index contributed by atoms with van der Waals surface area (Å²) in [5.74, 6) is -12.0. The molecule has 24 heteroatoms. The van der Waals surface area contributed by atoms with Crippen molar-refractivity contribution in [2.24, 2.45) is 33.8 Å². The number of primary amides is 1. The highest BCUT2D eigenvalue weighted by atomic mass is 16.4. The first-order valence-corrected chi connectivity index (χ1v) is 16.1. The third-order valence-corrected chi connectivity index (χ3v) is 6.88. The molecule has 0 saturated carbocycles. The van der Waals surface area contributed by atoms with Gasteiger partial charge in [-0.2, -0.15) is 0 Å². The zero-order chi connectivity index (χ0) is 41.0. The Morgan fingerprint density at radius 2 is 1.15 bits per heavy atom. The predicted octanol–water partition coefficient (Wildman–Crippen LogP) is -6.12. The Kier molecular flexibility index (Phi) is 20.7. The van der Waals surface area contributed by atoms with Crippen molar-refractivity contribution >= 4 is 65.2 Å². The van der Waals surface area contributed by atoms with Crippen LogP contribution in [0.1, 0.15) is 59.3 Å². The summed E-state index contributed by atoms with van der Waals surface area (Å²) >= 11 is 0. The van der Waals surface area contributed by atoms with Gasteiger partial charge in [0.1, 0.15) is 30.2 Å². The van der Waals surface area contributed by atoms with Gasteiger partial charge < -0.3 is 70.2 Å². The van der Waals surface area contributed by atoms with Crippen LogP contribution in [-0.4, -0.2) is 130 Å². The van der Waals surface area contributed by atoms with E-state index in [-0.39, 0.29) is 37.7 Å². The molecule has 0 saturated heterocycles. The number of carbonyl (C=O) groups excluding carboxylic acids is 7. The van der Waals surface area contributed by atoms with Gasteiger partial charge in [-0.3, -0.25) is 48.1 Å². The van der Waals surface area contributed by atoms with E-state index in [1.165, 1.54) is 6.92 Å². The Morgan fingerprint density at radius 3 is 1.66 bits per heavy atom. The summed E-state index contributed by atoms with van der Waals surface area (Å²) in [6.45, 7) is 3.82. The average molecular weight is 760 g/mol. The molecule has 0 fully saturated rings. The molecule has 0 aliphatic rings. The van der Waals surface area contributed by atoms with Crippen LogP contribution in [0.4, 0.5) is 0 Å². The molecule has 24 nitrogen and oxygen atoms in total. The summed E-state index contributed by atoms with van der Waals surface area (Å²) in [6.07, 6.45) is -2.50. The molecule has 0 spiro atoms. The quantitative estimate of drug-likeness (QED) is 0.0234. The predicted molar refractivity (Wildman–Crippen MR) is 182 cm³/mol. The molecule has 0 aliphatic carbocycles. The molecule has 0 bridgehead atoms. The Hall–Kier alpha value is -6.07. The molecule has 0 aliphatic heterocycles. The van der Waals surface area contributed by atoms with Crippen molar-refractivity contribution in [2.75, 3.05) is 13.1 Å². The number of carboxylic acid groups (broad SMARTS) is 3. The number of amides is 7. The molecule has 298 valence electrons. The zero-order valence-electron chi connectivity index (χ0n) is 29.4. The van der Waals surface area contributed by atoms with E-state index in [1.807, 2.05) is 5.32 Å². The number of carboxylic acids is 3. The lowest BCUT2D eigenvalue weighted by molar-refractivity contribution is -0.147. The van der Waals surface area contributed by atoms with E-state index in [0.29, 0.717) is 0 Å². The van der Waals surface area contributed by atoms with Crippen molar-refractivity contribution in [1.82, 2.24) is 31.9 Å². The van der Waals surface area contributed by atoms with Crippen LogP contribution in [0.15, 0.2) is 4.99 Å². The largest absolute Gasteiger partial charge is 0.481 e. The minimum atomic E-state index is -1.79. The maximum atomic E-state index is 13.6. The third kappa shape index (κ3) is 20.4. The van der Waals surface area contributed by atoms with E-state index >= 15 is 0 Å². The number of nitrogens with one attached hydrogen (secondary N) is 6. The maximum Gasteiger partial charge on any atom is 0.326 e. The van der Waals surface area contributed by atoms with Crippen molar-refractivity contribution < 1.29 is 63.3 Å². The molecule has 0 unspecified atom stereocenters. The van der Waals surface area contributed by atoms with Gasteiger partial charge in [0.2, 0.25) is 41.4 Å². The van der Waals surface area contributed by atoms with Gasteiger partial charge in [-0.05, 0) is 32.1 Å². The first-order chi connectivity index (χ1) is 24.5. The number of hydrogen-bond donors (Lipinski definition) is 13. The zero-order valence-corrected chi connectivity index (χ0v) is 29.4. The van der Waals surface area contributed by atoms with Crippen molar-refractivity contribution in [3.63, 3.8) is 0 Å². The molecule has 6 atom stereocenters. The van der Waals surface area contributed by atoms with Crippen LogP contribution in [0.2, 0.25) is 0 Å². The molecule has 0 aromatic rings. The first-order valence-electron chi connectivity index (χ1n) is 16.1. The number of guanidine groups is 1. The lowest BCUT2D eigenvalue weighted by Gasteiger charge is -2.26. The normalized spacial score (nSPS) is 14.1. The summed E-state index contributed by atoms with van der Waals surface area (Å²) in [4.78, 5) is 126. The molecular weight excluding hydrogens is 710 g/mol. The topological polar surface area (TPSA) is 420 Å². The van der Waals surface area contributed by atoms with Gasteiger partial charge in [0.05, 0.1) is 31.8 Å². The van der Waals surface area contributed by atoms with E-state index in [0.717, 1.165) is 0 Å². The van der Waals surface area contributed by atoms with Gasteiger partial charge in [-0.15, -0.1) is 0 Å². The second-order valence-electron chi connectivity index (χ2n) is 12.1. The summed E-state index contributed by atoms with van der Waals surface area (Å²) in [5, 5.41) is 40.3. The fraction of sp³-hybridized carbons (Fsp3) is 0.621. The SMILES string of the molecule is CC(C)C[C@H](NC(=O)[C@H](CCCN=C(N)N)NC(=O)[C@H](CC(N)=O)NC(=O)CNC(=O)[C@@H](N)CC(=O)O)C(=O)N[C@@H](C)C(=O)N[C@@H](CC(=O)O)C(=O)O. The van der Waals surface area contributed by atoms with Gasteiger partial charge in [0.15, 0.2) is 5.96 Å². The van der Waals surface area contributed by atoms with Crippen molar-refractivity contribution in [2.45, 2.75) is 95.5 Å². The molecule has 0 radical (unpaired) electrons. The Bertz CT molecular complexity index is 1400. The fourth-order valence-corrected chi connectivity index (χ4v) is 4.31. The summed E-state index contributed by atoms with van der Waals surface area (Å²) < 4.78 is 0. The van der Waals surface area contributed by atoms with E-state index in [2.05, 4.69) is 31.6 Å². The summed E-state index contributed by atoms with van der Waals surface area (Å²) in [5.41, 5.74) is 21.4. The van der Waals surface area contributed by atoms with Gasteiger partial charge in [-0.1, -0.05) is 13.8 Å². The molecule has 0 heterocycles. The second-order valence-corrected chi connectivity index (χ2v) is 12.1. The van der Waals surface area contributed by atoms with Crippen LogP contribution in [-0.2, 0) is 47.9 Å². The van der Waals surface area contributed by atoms with Gasteiger partial charge >= 0.3 is 17.9 Å². The molecular formula is C29H49N11O13. The van der Waals surface area contributed by atoms with E-state index < -0.39 is 121 Å². The highest BCUT2D eigenvalue weighted by Gasteiger charge is 2.32. The third-order valence-electron chi connectivity index (χ3n) is 6.88. The van der Waals surface area contributed by atoms with Gasteiger partial charge in [0, 0.05) is 6.54 Å². The van der Waals surface area contributed by atoms with Crippen LogP contribution < -0.4 is 54.8 Å². The molecule has 7 amide bonds. The summed E-state index contributed by atoms with van der Waals surface area (Å²) in [7, 11) is 0. The van der Waals surface area contributed by atoms with Crippen molar-refractivity contribution in [3.05, 3.63) is 0 Å². The van der Waals surface area contributed by atoms with E-state index in [4.69, 9.17) is 33.1 Å². The van der Waals surface area contributed by atoms with Crippen LogP contribution in [0.25, 0.3) is 0 Å². The van der Waals surface area contributed by atoms with Crippen molar-refractivity contribution in [1.29, 1.82) is 0 Å². The summed E-state index contributed by atoms with van der Waals surface area (Å²) in [6, 6.07) is -9.14. The number of aliphatic carboxylic acids is 3. The van der Waals surface area contributed by atoms with Crippen LogP contribution in [0.5, 0.6) is 0 Å². The number of rotatable bonds is 25. The van der Waals surface area contributed by atoms with E-state index in [9.17, 15) is 53.1 Å². The standard InChI is InChI=1S/C29H49N11O13/c1-12(2)7-16(26(50)36-13(3)23(47)40-18(28(52)53)10-22(45)46)39-25(49)15(5-4-6-34-29(32)33)38-27(51)17(9-19(31)41)37-20(42)11-35-24(48)14(30)8-21(43)44/h12-18H,4-11,30H2,1-3H3,(H2,31,41)(H,35,48)(H,36,50)(H,37,42)(H,38,51)(H,39,49)(H,40,47)(H,43,44)(H,45,46)(H,52,53)(H4,32,33,34)/t13-,14-,15-,16-,17-,18-/m0/s1. The average Bonchev–Trinajstić information content (AvgIpc) is 3.02. The highest BCUT2D eigenvalue weighted by molar-refractivity contribution is 5.98. The van der Waals surface area contributed by atoms with Gasteiger partial charge in [-0.25, -0.2) is 4.79 Å². The molecule has 17 N–H and O–H groups in total. The number of hydrogen-bond acceptors (Lipinski definition) is 12. The molecule has 0 rings (SSSR count). The fourth-order valence-electron chi connectivity index (χ4n) is 4.31. The van der Waals surface area contributed by atoms with Crippen LogP contribution >= 0.6 is 0 Å².